The molecule has 346 valence electrons. The maximum atomic E-state index is 12.8. The number of carbonyl (C=O) groups excluding carboxylic acids is 1. The zero-order valence-corrected chi connectivity index (χ0v) is 40.0. The largest absolute Gasteiger partial charge is 0.472 e. The fourth-order valence-electron chi connectivity index (χ4n) is 5.74. The second-order valence-electron chi connectivity index (χ2n) is 16.4. The summed E-state index contributed by atoms with van der Waals surface area (Å²) in [6, 6.07) is -0.862. The lowest BCUT2D eigenvalue weighted by Crippen LogP contribution is -2.45. The molecule has 3 N–H and O–H groups in total. The molecular weight excluding hydrogens is 780 g/mol. The number of hydrogen-bond acceptors (Lipinski definition) is 5. The molecule has 0 aliphatic rings. The van der Waals surface area contributed by atoms with Crippen molar-refractivity contribution in [1.82, 2.24) is 5.32 Å². The van der Waals surface area contributed by atoms with Gasteiger partial charge in [-0.25, -0.2) is 4.57 Å². The van der Waals surface area contributed by atoms with Crippen LogP contribution in [0, 0.1) is 0 Å². The monoisotopic (exact) mass is 868 g/mol. The predicted octanol–water partition coefficient (Wildman–Crippen LogP) is 13.5. The van der Waals surface area contributed by atoms with Gasteiger partial charge < -0.3 is 19.8 Å². The number of carbonyl (C=O) groups is 1. The Labute approximate surface area is 374 Å². The lowest BCUT2D eigenvalue weighted by molar-refractivity contribution is -0.870. The smallest absolute Gasteiger partial charge is 0.387 e. The van der Waals surface area contributed by atoms with Gasteiger partial charge in [0, 0.05) is 6.42 Å². The summed E-state index contributed by atoms with van der Waals surface area (Å²) in [6.07, 6.45) is 63.1. The Morgan fingerprint density at radius 2 is 0.984 bits per heavy atom. The first-order chi connectivity index (χ1) is 29.5. The van der Waals surface area contributed by atoms with Gasteiger partial charge in [-0.1, -0.05) is 174 Å². The lowest BCUT2D eigenvalue weighted by Gasteiger charge is -2.25. The van der Waals surface area contributed by atoms with Gasteiger partial charge in [0.25, 0.3) is 0 Å². The van der Waals surface area contributed by atoms with Crippen molar-refractivity contribution in [3.05, 3.63) is 122 Å². The van der Waals surface area contributed by atoms with Crippen LogP contribution < -0.4 is 5.32 Å². The highest BCUT2D eigenvalue weighted by atomic mass is 31.2. The molecule has 0 rings (SSSR count). The van der Waals surface area contributed by atoms with Crippen LogP contribution >= 0.6 is 7.82 Å². The Kier molecular flexibility index (Phi) is 40.1. The second-order valence-corrected chi connectivity index (χ2v) is 17.9. The highest BCUT2D eigenvalue weighted by molar-refractivity contribution is 7.47. The van der Waals surface area contributed by atoms with Crippen LogP contribution in [0.1, 0.15) is 149 Å². The van der Waals surface area contributed by atoms with E-state index < -0.39 is 20.0 Å². The number of hydrogen-bond donors (Lipinski definition) is 3. The van der Waals surface area contributed by atoms with E-state index in [9.17, 15) is 19.4 Å². The molecule has 3 atom stereocenters. The number of phosphoric ester groups is 1. The molecule has 0 aliphatic carbocycles. The minimum absolute atomic E-state index is 0.0495. The highest BCUT2D eigenvalue weighted by Crippen LogP contribution is 2.43. The third-order valence-corrected chi connectivity index (χ3v) is 10.4. The molecule has 0 aromatic heterocycles. The summed E-state index contributed by atoms with van der Waals surface area (Å²) < 4.78 is 23.4. The first-order valence-electron chi connectivity index (χ1n) is 23.4. The predicted molar refractivity (Wildman–Crippen MR) is 262 cm³/mol. The van der Waals surface area contributed by atoms with Crippen molar-refractivity contribution in [3.8, 4) is 0 Å². The van der Waals surface area contributed by atoms with E-state index in [-0.39, 0.29) is 19.1 Å². The van der Waals surface area contributed by atoms with Crippen LogP contribution in [-0.2, 0) is 18.4 Å². The van der Waals surface area contributed by atoms with Crippen LogP contribution in [0.15, 0.2) is 122 Å². The highest BCUT2D eigenvalue weighted by Gasteiger charge is 2.27. The molecule has 0 aromatic rings. The summed E-state index contributed by atoms with van der Waals surface area (Å²) in [5.41, 5.74) is 0. The van der Waals surface area contributed by atoms with E-state index in [0.29, 0.717) is 17.4 Å². The molecule has 3 unspecified atom stereocenters. The molecule has 0 saturated carbocycles. The molecular formula is C52H88N2O6P+. The Morgan fingerprint density at radius 1 is 0.574 bits per heavy atom. The molecule has 0 heterocycles. The third-order valence-electron chi connectivity index (χ3n) is 9.44. The van der Waals surface area contributed by atoms with Gasteiger partial charge in [-0.2, -0.15) is 0 Å². The first-order valence-corrected chi connectivity index (χ1v) is 24.9. The Morgan fingerprint density at radius 3 is 1.44 bits per heavy atom. The van der Waals surface area contributed by atoms with Gasteiger partial charge in [0.1, 0.15) is 13.2 Å². The molecule has 9 heteroatoms. The van der Waals surface area contributed by atoms with Crippen molar-refractivity contribution in [2.45, 2.75) is 161 Å². The minimum Gasteiger partial charge on any atom is -0.387 e. The fourth-order valence-corrected chi connectivity index (χ4v) is 6.47. The van der Waals surface area contributed by atoms with E-state index in [1.807, 2.05) is 27.2 Å². The average Bonchev–Trinajstić information content (AvgIpc) is 3.21. The van der Waals surface area contributed by atoms with Gasteiger partial charge in [0.15, 0.2) is 0 Å². The van der Waals surface area contributed by atoms with Crippen molar-refractivity contribution in [2.75, 3.05) is 40.9 Å². The summed E-state index contributed by atoms with van der Waals surface area (Å²) in [5.74, 6) is -0.209. The van der Waals surface area contributed by atoms with Crippen molar-refractivity contribution in [3.63, 3.8) is 0 Å². The van der Waals surface area contributed by atoms with Gasteiger partial charge in [-0.3, -0.25) is 13.8 Å². The zero-order chi connectivity index (χ0) is 45.0. The van der Waals surface area contributed by atoms with Gasteiger partial charge in [0.2, 0.25) is 5.91 Å². The number of amides is 1. The molecule has 0 fully saturated rings. The van der Waals surface area contributed by atoms with E-state index in [1.54, 1.807) is 6.08 Å². The number of allylic oxidation sites excluding steroid dienone is 19. The van der Waals surface area contributed by atoms with E-state index >= 15 is 0 Å². The molecule has 0 spiro atoms. The van der Waals surface area contributed by atoms with Crippen LogP contribution in [-0.4, -0.2) is 73.4 Å². The van der Waals surface area contributed by atoms with Crippen molar-refractivity contribution >= 4 is 13.7 Å². The van der Waals surface area contributed by atoms with Gasteiger partial charge >= 0.3 is 7.82 Å². The van der Waals surface area contributed by atoms with Crippen molar-refractivity contribution in [2.24, 2.45) is 0 Å². The topological polar surface area (TPSA) is 105 Å². The van der Waals surface area contributed by atoms with Crippen molar-refractivity contribution in [1.29, 1.82) is 0 Å². The van der Waals surface area contributed by atoms with E-state index in [4.69, 9.17) is 9.05 Å². The number of nitrogens with zero attached hydrogens (tertiary/aromatic N) is 1. The normalized spacial score (nSPS) is 15.3. The minimum atomic E-state index is -4.34. The summed E-state index contributed by atoms with van der Waals surface area (Å²) in [6.45, 7) is 4.56. The van der Waals surface area contributed by atoms with Gasteiger partial charge in [0.05, 0.1) is 39.9 Å². The maximum Gasteiger partial charge on any atom is 0.472 e. The summed E-state index contributed by atoms with van der Waals surface area (Å²) in [4.78, 5) is 23.0. The van der Waals surface area contributed by atoms with Gasteiger partial charge in [-0.15, -0.1) is 0 Å². The summed E-state index contributed by atoms with van der Waals surface area (Å²) >= 11 is 0. The Bertz CT molecular complexity index is 1400. The van der Waals surface area contributed by atoms with E-state index in [2.05, 4.69) is 129 Å². The summed E-state index contributed by atoms with van der Waals surface area (Å²) in [5, 5.41) is 13.6. The zero-order valence-electron chi connectivity index (χ0n) is 39.1. The van der Waals surface area contributed by atoms with E-state index in [1.165, 1.54) is 6.42 Å². The molecule has 0 aromatic carbocycles. The number of rotatable bonds is 40. The SMILES string of the molecule is CC/C=C\C/C=C\C/C=C\C/C=C\C/C=C\C/C=C\C/C=C\C/C=C\C/C=C\CCCCCCCC(=O)NC(COP(=O)(O)OCC[N+](C)(C)C)C(O)/C=C/CCCCCC. The third kappa shape index (κ3) is 44.8. The number of unbranched alkanes of at least 4 members (excludes halogenated alkanes) is 9. The lowest BCUT2D eigenvalue weighted by atomic mass is 10.1. The first kappa shape index (κ1) is 57.9. The maximum absolute atomic E-state index is 12.8. The van der Waals surface area contributed by atoms with E-state index in [0.717, 1.165) is 122 Å². The number of aliphatic hydroxyl groups is 1. The second kappa shape index (κ2) is 42.2. The van der Waals surface area contributed by atoms with Crippen molar-refractivity contribution < 1.29 is 32.9 Å². The fraction of sp³-hybridized carbons (Fsp3) is 0.596. The standard InChI is InChI=1S/C52H87N2O6P/c1-6-8-10-12-14-15-16-17-18-19-20-21-22-23-24-25-26-27-28-29-30-31-32-33-34-35-36-37-38-39-40-42-44-46-52(56)53-50(51(55)45-43-41-13-11-9-7-2)49-60-61(57,58)59-48-47-54(3,4)5/h8,10,14-15,17-18,20-21,23-24,26-27,29-30,32-33,35-36,43,45,50-51,55H,6-7,9,11-13,16,19,22,25,28,31,34,37-42,44,46-49H2,1-5H3,(H-,53,56,57,58)/p+1/b10-8-,15-14-,18-17-,21-20-,24-23-,27-26-,30-29-,33-32-,36-35-,45-43+. The molecule has 0 aliphatic heterocycles. The number of nitrogens with one attached hydrogen (secondary N) is 1. The van der Waals surface area contributed by atoms with Gasteiger partial charge in [-0.05, 0) is 89.9 Å². The van der Waals surface area contributed by atoms with Crippen LogP contribution in [0.3, 0.4) is 0 Å². The quantitative estimate of drug-likeness (QED) is 0.0245. The molecule has 8 nitrogen and oxygen atoms in total. The molecule has 1 amide bonds. The van der Waals surface area contributed by atoms with Crippen LogP contribution in [0.2, 0.25) is 0 Å². The molecule has 61 heavy (non-hydrogen) atoms. The number of aliphatic hydroxyl groups excluding tert-OH is 1. The molecule has 0 radical (unpaired) electrons. The van der Waals surface area contributed by atoms with Crippen LogP contribution in [0.4, 0.5) is 0 Å². The number of likely N-dealkylation sites (N-methyl/N-ethyl adjacent to an activating group) is 1. The van der Waals surface area contributed by atoms with Crippen LogP contribution in [0.25, 0.3) is 0 Å². The summed E-state index contributed by atoms with van der Waals surface area (Å²) in [7, 11) is 1.53. The van der Waals surface area contributed by atoms with Crippen LogP contribution in [0.5, 0.6) is 0 Å². The molecule has 0 saturated heterocycles. The Hall–Kier alpha value is -3.10. The number of phosphoric acid groups is 1. The molecule has 0 bridgehead atoms. The Balaban J connectivity index is 4.14. The number of quaternary nitrogens is 1. The average molecular weight is 868 g/mol.